The molecule has 1 fully saturated rings. The zero-order chi connectivity index (χ0) is 13.3. The summed E-state index contributed by atoms with van der Waals surface area (Å²) in [5.41, 5.74) is 1.22. The van der Waals surface area contributed by atoms with Gasteiger partial charge in [0.05, 0.1) is 0 Å². The second kappa shape index (κ2) is 4.96. The first-order chi connectivity index (χ1) is 8.44. The van der Waals surface area contributed by atoms with Crippen molar-refractivity contribution >= 4 is 0 Å². The number of halogens is 2. The lowest BCUT2D eigenvalue weighted by Crippen LogP contribution is -2.29. The Hall–Kier alpha value is -0.960. The molecule has 1 N–H and O–H groups in total. The van der Waals surface area contributed by atoms with Crippen molar-refractivity contribution in [2.24, 2.45) is 11.3 Å². The maximum Gasteiger partial charge on any atom is 0.159 e. The molecule has 0 aromatic heterocycles. The highest BCUT2D eigenvalue weighted by Gasteiger charge is 2.44. The van der Waals surface area contributed by atoms with Crippen LogP contribution in [0.1, 0.15) is 45.2 Å². The summed E-state index contributed by atoms with van der Waals surface area (Å²) in [5, 5.41) is 3.44. The maximum atomic E-state index is 13.2. The molecule has 1 atom stereocenters. The average Bonchev–Trinajstić information content (AvgIpc) is 3.11. The van der Waals surface area contributed by atoms with Gasteiger partial charge in [0.25, 0.3) is 0 Å². The smallest absolute Gasteiger partial charge is 0.159 e. The molecule has 0 aliphatic heterocycles. The molecular formula is C15H21F2N. The SMILES string of the molecule is CC(NCC1(C(C)C)CC1)c1ccc(F)c(F)c1. The van der Waals surface area contributed by atoms with E-state index in [-0.39, 0.29) is 6.04 Å². The fourth-order valence-corrected chi connectivity index (χ4v) is 2.37. The van der Waals surface area contributed by atoms with E-state index in [1.54, 1.807) is 6.07 Å². The summed E-state index contributed by atoms with van der Waals surface area (Å²) >= 11 is 0. The van der Waals surface area contributed by atoms with E-state index in [1.165, 1.54) is 25.0 Å². The third-order valence-corrected chi connectivity index (χ3v) is 4.32. The summed E-state index contributed by atoms with van der Waals surface area (Å²) in [6, 6.07) is 4.17. The van der Waals surface area contributed by atoms with Crippen LogP contribution in [0.15, 0.2) is 18.2 Å². The quantitative estimate of drug-likeness (QED) is 0.834. The van der Waals surface area contributed by atoms with Crippen LogP contribution in [0.4, 0.5) is 8.78 Å². The fraction of sp³-hybridized carbons (Fsp3) is 0.600. The van der Waals surface area contributed by atoms with Crippen molar-refractivity contribution in [1.29, 1.82) is 0 Å². The van der Waals surface area contributed by atoms with Gasteiger partial charge in [-0.1, -0.05) is 19.9 Å². The molecule has 0 heterocycles. The monoisotopic (exact) mass is 253 g/mol. The molecule has 1 aromatic carbocycles. The lowest BCUT2D eigenvalue weighted by Gasteiger charge is -2.23. The Labute approximate surface area is 108 Å². The number of hydrogen-bond acceptors (Lipinski definition) is 1. The van der Waals surface area contributed by atoms with Gasteiger partial charge in [-0.2, -0.15) is 0 Å². The maximum absolute atomic E-state index is 13.2. The highest BCUT2D eigenvalue weighted by atomic mass is 19.2. The van der Waals surface area contributed by atoms with Gasteiger partial charge < -0.3 is 5.32 Å². The van der Waals surface area contributed by atoms with Crippen LogP contribution < -0.4 is 5.32 Å². The van der Waals surface area contributed by atoms with Crippen LogP contribution >= 0.6 is 0 Å². The van der Waals surface area contributed by atoms with E-state index in [9.17, 15) is 8.78 Å². The summed E-state index contributed by atoms with van der Waals surface area (Å²) in [6.45, 7) is 7.43. The van der Waals surface area contributed by atoms with Crippen molar-refractivity contribution in [3.05, 3.63) is 35.4 Å². The molecule has 0 radical (unpaired) electrons. The van der Waals surface area contributed by atoms with Crippen LogP contribution in [0.3, 0.4) is 0 Å². The highest BCUT2D eigenvalue weighted by molar-refractivity contribution is 5.21. The topological polar surface area (TPSA) is 12.0 Å². The van der Waals surface area contributed by atoms with Gasteiger partial charge in [0.1, 0.15) is 0 Å². The molecule has 0 bridgehead atoms. The second-order valence-corrected chi connectivity index (χ2v) is 5.79. The van der Waals surface area contributed by atoms with E-state index in [2.05, 4.69) is 19.2 Å². The number of nitrogens with one attached hydrogen (secondary N) is 1. The summed E-state index contributed by atoms with van der Waals surface area (Å²) in [7, 11) is 0. The second-order valence-electron chi connectivity index (χ2n) is 5.79. The van der Waals surface area contributed by atoms with E-state index < -0.39 is 11.6 Å². The Morgan fingerprint density at radius 2 is 1.83 bits per heavy atom. The summed E-state index contributed by atoms with van der Waals surface area (Å²) < 4.78 is 26.0. The molecule has 1 aromatic rings. The van der Waals surface area contributed by atoms with Gasteiger partial charge in [-0.25, -0.2) is 8.78 Å². The van der Waals surface area contributed by atoms with Gasteiger partial charge in [-0.15, -0.1) is 0 Å². The lowest BCUT2D eigenvalue weighted by molar-refractivity contribution is 0.324. The number of hydrogen-bond donors (Lipinski definition) is 1. The average molecular weight is 253 g/mol. The number of benzene rings is 1. The van der Waals surface area contributed by atoms with Crippen LogP contribution in [-0.2, 0) is 0 Å². The number of rotatable bonds is 5. The van der Waals surface area contributed by atoms with E-state index in [1.807, 2.05) is 6.92 Å². The highest BCUT2D eigenvalue weighted by Crippen LogP contribution is 2.51. The van der Waals surface area contributed by atoms with Crippen molar-refractivity contribution in [1.82, 2.24) is 5.32 Å². The van der Waals surface area contributed by atoms with Crippen molar-refractivity contribution in [2.45, 2.75) is 39.7 Å². The predicted molar refractivity (Wildman–Crippen MR) is 69.3 cm³/mol. The zero-order valence-electron chi connectivity index (χ0n) is 11.3. The van der Waals surface area contributed by atoms with Crippen LogP contribution in [0.2, 0.25) is 0 Å². The minimum Gasteiger partial charge on any atom is -0.310 e. The molecule has 0 amide bonds. The minimum atomic E-state index is -0.785. The summed E-state index contributed by atoms with van der Waals surface area (Å²) in [6.07, 6.45) is 2.53. The van der Waals surface area contributed by atoms with Gasteiger partial charge in [0.15, 0.2) is 11.6 Å². The Bertz CT molecular complexity index is 425. The zero-order valence-corrected chi connectivity index (χ0v) is 11.3. The summed E-state index contributed by atoms with van der Waals surface area (Å²) in [4.78, 5) is 0. The molecule has 1 nitrogen and oxygen atoms in total. The molecule has 100 valence electrons. The molecule has 1 aliphatic rings. The van der Waals surface area contributed by atoms with Gasteiger partial charge in [-0.05, 0) is 48.8 Å². The van der Waals surface area contributed by atoms with Gasteiger partial charge >= 0.3 is 0 Å². The first-order valence-corrected chi connectivity index (χ1v) is 6.63. The Kier molecular flexibility index (Phi) is 3.71. The fourth-order valence-electron chi connectivity index (χ4n) is 2.37. The first kappa shape index (κ1) is 13.5. The van der Waals surface area contributed by atoms with E-state index in [4.69, 9.17) is 0 Å². The Morgan fingerprint density at radius 3 is 2.33 bits per heavy atom. The van der Waals surface area contributed by atoms with Crippen LogP contribution in [0, 0.1) is 23.0 Å². The van der Waals surface area contributed by atoms with Gasteiger partial charge in [0, 0.05) is 12.6 Å². The molecule has 2 rings (SSSR count). The van der Waals surface area contributed by atoms with Gasteiger partial charge in [0.2, 0.25) is 0 Å². The van der Waals surface area contributed by atoms with Crippen LogP contribution in [-0.4, -0.2) is 6.54 Å². The van der Waals surface area contributed by atoms with Crippen molar-refractivity contribution in [3.63, 3.8) is 0 Å². The normalized spacial score (nSPS) is 19.0. The van der Waals surface area contributed by atoms with E-state index in [0.29, 0.717) is 11.3 Å². The largest absolute Gasteiger partial charge is 0.310 e. The lowest BCUT2D eigenvalue weighted by atomic mass is 9.92. The van der Waals surface area contributed by atoms with Crippen LogP contribution in [0.5, 0.6) is 0 Å². The summed E-state index contributed by atoms with van der Waals surface area (Å²) in [5.74, 6) is -0.889. The molecule has 0 saturated heterocycles. The molecular weight excluding hydrogens is 232 g/mol. The predicted octanol–water partition coefficient (Wildman–Crippen LogP) is 4.05. The third-order valence-electron chi connectivity index (χ3n) is 4.32. The minimum absolute atomic E-state index is 0.0522. The van der Waals surface area contributed by atoms with Crippen molar-refractivity contribution < 1.29 is 8.78 Å². The van der Waals surface area contributed by atoms with Gasteiger partial charge in [-0.3, -0.25) is 0 Å². The molecule has 0 spiro atoms. The first-order valence-electron chi connectivity index (χ1n) is 6.63. The Balaban J connectivity index is 1.95. The van der Waals surface area contributed by atoms with Crippen LogP contribution in [0.25, 0.3) is 0 Å². The molecule has 1 saturated carbocycles. The standard InChI is InChI=1S/C15H21F2N/c1-10(2)15(6-7-15)9-18-11(3)12-4-5-13(16)14(17)8-12/h4-5,8,10-11,18H,6-7,9H2,1-3H3. The Morgan fingerprint density at radius 1 is 1.17 bits per heavy atom. The van der Waals surface area contributed by atoms with Crippen molar-refractivity contribution in [3.8, 4) is 0 Å². The molecule has 1 aliphatic carbocycles. The van der Waals surface area contributed by atoms with E-state index >= 15 is 0 Å². The van der Waals surface area contributed by atoms with E-state index in [0.717, 1.165) is 12.1 Å². The molecule has 1 unspecified atom stereocenters. The molecule has 3 heteroatoms. The third kappa shape index (κ3) is 2.72. The van der Waals surface area contributed by atoms with Crippen molar-refractivity contribution in [2.75, 3.05) is 6.54 Å². The molecule has 18 heavy (non-hydrogen) atoms.